The van der Waals surface area contributed by atoms with E-state index in [2.05, 4.69) is 5.32 Å². The average molecular weight is 347 g/mol. The summed E-state index contributed by atoms with van der Waals surface area (Å²) in [6.45, 7) is 5.70. The molecule has 2 aliphatic heterocycles. The van der Waals surface area contributed by atoms with Crippen molar-refractivity contribution in [2.45, 2.75) is 18.2 Å². The van der Waals surface area contributed by atoms with Crippen LogP contribution in [0, 0.1) is 11.8 Å². The maximum Gasteiger partial charge on any atom is 0.243 e. The third-order valence-electron chi connectivity index (χ3n) is 4.44. The summed E-state index contributed by atoms with van der Waals surface area (Å²) in [5.41, 5.74) is 0. The van der Waals surface area contributed by atoms with Gasteiger partial charge in [-0.2, -0.15) is 4.31 Å². The van der Waals surface area contributed by atoms with Crippen molar-refractivity contribution >= 4 is 22.4 Å². The zero-order valence-corrected chi connectivity index (χ0v) is 14.3. The summed E-state index contributed by atoms with van der Waals surface area (Å²) in [5, 5.41) is 3.36. The first-order valence-electron chi connectivity index (χ1n) is 7.55. The summed E-state index contributed by atoms with van der Waals surface area (Å²) in [6, 6.07) is 6.72. The summed E-state index contributed by atoms with van der Waals surface area (Å²) in [5.74, 6) is 1.79. The molecule has 0 aromatic heterocycles. The van der Waals surface area contributed by atoms with E-state index >= 15 is 0 Å². The molecule has 0 spiro atoms. The number of fused-ring (bicyclic) bond motifs is 1. The van der Waals surface area contributed by atoms with Crippen LogP contribution in [0.5, 0.6) is 5.75 Å². The van der Waals surface area contributed by atoms with E-state index in [9.17, 15) is 8.42 Å². The number of nitrogens with zero attached hydrogens (tertiary/aromatic N) is 1. The number of hydrogen-bond donors (Lipinski definition) is 1. The summed E-state index contributed by atoms with van der Waals surface area (Å²) in [6.07, 6.45) is 0.952. The highest BCUT2D eigenvalue weighted by Gasteiger charge is 2.37. The van der Waals surface area contributed by atoms with Crippen molar-refractivity contribution < 1.29 is 13.2 Å². The molecule has 2 unspecified atom stereocenters. The van der Waals surface area contributed by atoms with E-state index in [1.807, 2.05) is 6.92 Å². The van der Waals surface area contributed by atoms with E-state index in [0.29, 0.717) is 42.2 Å². The number of ether oxygens (including phenoxy) is 1. The molecular formula is C15H23ClN2O3S. The Labute approximate surface area is 138 Å². The fourth-order valence-electron chi connectivity index (χ4n) is 3.24. The molecule has 1 aromatic rings. The van der Waals surface area contributed by atoms with Crippen molar-refractivity contribution in [1.82, 2.24) is 9.62 Å². The van der Waals surface area contributed by atoms with Gasteiger partial charge < -0.3 is 10.1 Å². The first kappa shape index (κ1) is 17.5. The number of hydrogen-bond acceptors (Lipinski definition) is 4. The standard InChI is InChI=1S/C15H22N2O3S.ClH/c1-2-20-14-3-5-15(6-4-14)21(18,19)17-8-7-12-9-16-10-13(12)11-17;/h3-6,12-13,16H,2,7-11H2,1H3;1H. The van der Waals surface area contributed by atoms with Gasteiger partial charge in [-0.25, -0.2) is 8.42 Å². The molecule has 2 heterocycles. The Morgan fingerprint density at radius 2 is 1.91 bits per heavy atom. The van der Waals surface area contributed by atoms with Crippen molar-refractivity contribution in [3.63, 3.8) is 0 Å². The molecule has 0 aliphatic carbocycles. The molecule has 0 radical (unpaired) electrons. The third kappa shape index (κ3) is 3.40. The second kappa shape index (κ2) is 7.17. The number of benzene rings is 1. The Morgan fingerprint density at radius 1 is 1.23 bits per heavy atom. The topological polar surface area (TPSA) is 58.6 Å². The molecule has 0 saturated carbocycles. The lowest BCUT2D eigenvalue weighted by Crippen LogP contribution is -2.43. The lowest BCUT2D eigenvalue weighted by Gasteiger charge is -2.33. The van der Waals surface area contributed by atoms with Gasteiger partial charge >= 0.3 is 0 Å². The average Bonchev–Trinajstić information content (AvgIpc) is 2.95. The van der Waals surface area contributed by atoms with Crippen LogP contribution in [0.25, 0.3) is 0 Å². The van der Waals surface area contributed by atoms with Gasteiger partial charge in [0.25, 0.3) is 0 Å². The third-order valence-corrected chi connectivity index (χ3v) is 6.32. The fourth-order valence-corrected chi connectivity index (χ4v) is 4.76. The summed E-state index contributed by atoms with van der Waals surface area (Å²) in [4.78, 5) is 0.357. The van der Waals surface area contributed by atoms with Gasteiger partial charge in [0.05, 0.1) is 11.5 Å². The number of halogens is 1. The van der Waals surface area contributed by atoms with Crippen molar-refractivity contribution in [2.24, 2.45) is 11.8 Å². The molecule has 3 rings (SSSR count). The minimum absolute atomic E-state index is 0. The fraction of sp³-hybridized carbons (Fsp3) is 0.600. The van der Waals surface area contributed by atoms with Crippen LogP contribution in [0.2, 0.25) is 0 Å². The van der Waals surface area contributed by atoms with Crippen molar-refractivity contribution in [2.75, 3.05) is 32.8 Å². The molecule has 1 N–H and O–H groups in total. The number of sulfonamides is 1. The molecule has 1 aromatic carbocycles. The zero-order valence-electron chi connectivity index (χ0n) is 12.7. The van der Waals surface area contributed by atoms with Crippen LogP contribution in [0.3, 0.4) is 0 Å². The Bertz CT molecular complexity index is 591. The quantitative estimate of drug-likeness (QED) is 0.902. The molecular weight excluding hydrogens is 324 g/mol. The maximum absolute atomic E-state index is 12.7. The monoisotopic (exact) mass is 346 g/mol. The highest BCUT2D eigenvalue weighted by atomic mass is 35.5. The van der Waals surface area contributed by atoms with Crippen LogP contribution in [0.1, 0.15) is 13.3 Å². The van der Waals surface area contributed by atoms with E-state index < -0.39 is 10.0 Å². The molecule has 0 amide bonds. The Balaban J connectivity index is 0.00000176. The molecule has 2 saturated heterocycles. The van der Waals surface area contributed by atoms with E-state index in [1.165, 1.54) is 0 Å². The van der Waals surface area contributed by atoms with Crippen molar-refractivity contribution in [1.29, 1.82) is 0 Å². The largest absolute Gasteiger partial charge is 0.494 e. The molecule has 22 heavy (non-hydrogen) atoms. The van der Waals surface area contributed by atoms with E-state index in [1.54, 1.807) is 28.6 Å². The van der Waals surface area contributed by atoms with Crippen molar-refractivity contribution in [3.05, 3.63) is 24.3 Å². The van der Waals surface area contributed by atoms with Gasteiger partial charge in [0.2, 0.25) is 10.0 Å². The van der Waals surface area contributed by atoms with Crippen LogP contribution in [0.4, 0.5) is 0 Å². The molecule has 2 atom stereocenters. The van der Waals surface area contributed by atoms with Gasteiger partial charge in [0.1, 0.15) is 5.75 Å². The lowest BCUT2D eigenvalue weighted by molar-refractivity contribution is 0.228. The Morgan fingerprint density at radius 3 is 2.59 bits per heavy atom. The van der Waals surface area contributed by atoms with Crippen LogP contribution >= 0.6 is 12.4 Å². The van der Waals surface area contributed by atoms with Gasteiger partial charge in [0.15, 0.2) is 0 Å². The zero-order chi connectivity index (χ0) is 14.9. The highest BCUT2D eigenvalue weighted by Crippen LogP contribution is 2.30. The normalized spacial score (nSPS) is 25.3. The minimum atomic E-state index is -3.38. The second-order valence-electron chi connectivity index (χ2n) is 5.73. The van der Waals surface area contributed by atoms with Crippen LogP contribution < -0.4 is 10.1 Å². The summed E-state index contributed by atoms with van der Waals surface area (Å²) >= 11 is 0. The summed E-state index contributed by atoms with van der Waals surface area (Å²) in [7, 11) is -3.38. The second-order valence-corrected chi connectivity index (χ2v) is 7.67. The van der Waals surface area contributed by atoms with Gasteiger partial charge in [-0.3, -0.25) is 0 Å². The summed E-state index contributed by atoms with van der Waals surface area (Å²) < 4.78 is 32.4. The number of nitrogens with one attached hydrogen (secondary N) is 1. The smallest absolute Gasteiger partial charge is 0.243 e. The van der Waals surface area contributed by atoms with E-state index in [-0.39, 0.29) is 12.4 Å². The highest BCUT2D eigenvalue weighted by molar-refractivity contribution is 7.89. The van der Waals surface area contributed by atoms with E-state index in [4.69, 9.17) is 4.74 Å². The van der Waals surface area contributed by atoms with Gasteiger partial charge in [-0.05, 0) is 62.5 Å². The SMILES string of the molecule is CCOc1ccc(S(=O)(=O)N2CCC3CNCC3C2)cc1.Cl. The molecule has 2 aliphatic rings. The van der Waals surface area contributed by atoms with Gasteiger partial charge in [0, 0.05) is 13.1 Å². The van der Waals surface area contributed by atoms with E-state index in [0.717, 1.165) is 19.5 Å². The first-order valence-corrected chi connectivity index (χ1v) is 8.99. The molecule has 2 fully saturated rings. The molecule has 7 heteroatoms. The van der Waals surface area contributed by atoms with Gasteiger partial charge in [-0.15, -0.1) is 12.4 Å². The van der Waals surface area contributed by atoms with Crippen LogP contribution in [-0.4, -0.2) is 45.5 Å². The number of piperidine rings is 1. The predicted octanol–water partition coefficient (Wildman–Crippen LogP) is 1.74. The Hall–Kier alpha value is -0.820. The van der Waals surface area contributed by atoms with Crippen LogP contribution in [-0.2, 0) is 10.0 Å². The number of rotatable bonds is 4. The van der Waals surface area contributed by atoms with Gasteiger partial charge in [-0.1, -0.05) is 0 Å². The lowest BCUT2D eigenvalue weighted by atomic mass is 9.90. The minimum Gasteiger partial charge on any atom is -0.494 e. The predicted molar refractivity (Wildman–Crippen MR) is 88.1 cm³/mol. The van der Waals surface area contributed by atoms with Crippen molar-refractivity contribution in [3.8, 4) is 5.75 Å². The molecule has 5 nitrogen and oxygen atoms in total. The first-order chi connectivity index (χ1) is 10.1. The molecule has 124 valence electrons. The molecule has 0 bridgehead atoms. The van der Waals surface area contributed by atoms with Crippen LogP contribution in [0.15, 0.2) is 29.2 Å². The maximum atomic E-state index is 12.7. The Kier molecular flexibility index (Phi) is 5.71.